The van der Waals surface area contributed by atoms with Gasteiger partial charge in [0.2, 0.25) is 0 Å². The first kappa shape index (κ1) is 25.5. The second kappa shape index (κ2) is 12.9. The Morgan fingerprint density at radius 1 is 0.750 bits per heavy atom. The number of piperidine rings is 1. The fraction of sp³-hybridized carbons (Fsp3) is 0.321. The first-order valence-electron chi connectivity index (χ1n) is 9.45. The van der Waals surface area contributed by atoms with Crippen molar-refractivity contribution in [3.05, 3.63) is 0 Å². The standard InChI is InChI=1S/C28H20N2O2/c1-6-7-8-9-10-11-12-13-14-15-16-17-18-19-20-21-22-26(31)29-25-23-27(2,3)30(32)28(4,5)24-25/h1,25,32H,23-24H2,2-5H3,(H,29,31). The fourth-order valence-electron chi connectivity index (χ4n) is 3.12. The third-order valence-corrected chi connectivity index (χ3v) is 4.10. The van der Waals surface area contributed by atoms with Gasteiger partial charge in [-0.2, -0.15) is 5.06 Å². The van der Waals surface area contributed by atoms with Crippen LogP contribution in [0.15, 0.2) is 0 Å². The van der Waals surface area contributed by atoms with Gasteiger partial charge in [0.25, 0.3) is 5.91 Å². The highest BCUT2D eigenvalue weighted by Gasteiger charge is 2.45. The summed E-state index contributed by atoms with van der Waals surface area (Å²) in [6.45, 7) is 7.72. The predicted octanol–water partition coefficient (Wildman–Crippen LogP) is 1.17. The van der Waals surface area contributed by atoms with Gasteiger partial charge in [0.1, 0.15) is 0 Å². The van der Waals surface area contributed by atoms with Crippen LogP contribution in [0, 0.1) is 107 Å². The minimum atomic E-state index is -0.452. The molecule has 1 heterocycles. The third kappa shape index (κ3) is 9.76. The van der Waals surface area contributed by atoms with Gasteiger partial charge < -0.3 is 10.5 Å². The minimum absolute atomic E-state index is 0.0896. The zero-order valence-electron chi connectivity index (χ0n) is 18.4. The van der Waals surface area contributed by atoms with E-state index in [0.29, 0.717) is 12.8 Å². The molecule has 0 unspecified atom stereocenters. The highest BCUT2D eigenvalue weighted by atomic mass is 16.5. The molecule has 0 aromatic carbocycles. The maximum atomic E-state index is 12.0. The Balaban J connectivity index is 2.53. The molecule has 1 rings (SSSR count). The molecule has 1 fully saturated rings. The van der Waals surface area contributed by atoms with Gasteiger partial charge in [-0.3, -0.25) is 4.79 Å². The van der Waals surface area contributed by atoms with Gasteiger partial charge in [-0.1, -0.05) is 0 Å². The van der Waals surface area contributed by atoms with Crippen molar-refractivity contribution in [1.29, 1.82) is 0 Å². The Morgan fingerprint density at radius 2 is 1.09 bits per heavy atom. The molecule has 4 nitrogen and oxygen atoms in total. The summed E-state index contributed by atoms with van der Waals surface area (Å²) in [6.07, 6.45) is 6.15. The molecule has 0 radical (unpaired) electrons. The van der Waals surface area contributed by atoms with Crippen LogP contribution in [-0.2, 0) is 4.79 Å². The lowest BCUT2D eigenvalue weighted by Gasteiger charge is -2.51. The molecule has 1 aliphatic rings. The van der Waals surface area contributed by atoms with Gasteiger partial charge in [-0.05, 0) is 135 Å². The third-order valence-electron chi connectivity index (χ3n) is 4.10. The number of terminal acetylenes is 1. The summed E-state index contributed by atoms with van der Waals surface area (Å²) in [5.41, 5.74) is -0.904. The number of hydrogen-bond acceptors (Lipinski definition) is 3. The van der Waals surface area contributed by atoms with Crippen molar-refractivity contribution in [2.75, 3.05) is 0 Å². The molecular weight excluding hydrogens is 396 g/mol. The lowest BCUT2D eigenvalue weighted by Crippen LogP contribution is -2.62. The van der Waals surface area contributed by atoms with E-state index in [-0.39, 0.29) is 6.04 Å². The van der Waals surface area contributed by atoms with Crippen LogP contribution in [0.25, 0.3) is 0 Å². The number of rotatable bonds is 1. The molecular formula is C28H20N2O2. The van der Waals surface area contributed by atoms with Crippen molar-refractivity contribution in [3.8, 4) is 107 Å². The van der Waals surface area contributed by atoms with Gasteiger partial charge in [-0.15, -0.1) is 6.42 Å². The first-order valence-corrected chi connectivity index (χ1v) is 9.45. The Kier molecular flexibility index (Phi) is 10.2. The van der Waals surface area contributed by atoms with Crippen molar-refractivity contribution in [2.45, 2.75) is 57.7 Å². The smallest absolute Gasteiger partial charge is 0.297 e. The summed E-state index contributed by atoms with van der Waals surface area (Å²) in [5, 5.41) is 14.5. The van der Waals surface area contributed by atoms with E-state index in [4.69, 9.17) is 6.42 Å². The molecule has 0 saturated carbocycles. The van der Waals surface area contributed by atoms with E-state index in [1.54, 1.807) is 0 Å². The molecule has 0 atom stereocenters. The van der Waals surface area contributed by atoms with Crippen molar-refractivity contribution in [3.63, 3.8) is 0 Å². The second-order valence-corrected chi connectivity index (χ2v) is 7.66. The monoisotopic (exact) mass is 416 g/mol. The van der Waals surface area contributed by atoms with Crippen LogP contribution in [0.5, 0.6) is 0 Å². The summed E-state index contributed by atoms with van der Waals surface area (Å²) in [6, 6.07) is -0.0896. The second-order valence-electron chi connectivity index (χ2n) is 7.66. The number of nitrogens with zero attached hydrogens (tertiary/aromatic N) is 1. The lowest BCUT2D eigenvalue weighted by molar-refractivity contribution is -0.245. The number of amides is 1. The summed E-state index contributed by atoms with van der Waals surface area (Å²) < 4.78 is 0. The highest BCUT2D eigenvalue weighted by molar-refractivity contribution is 5.94. The van der Waals surface area contributed by atoms with E-state index in [9.17, 15) is 10.0 Å². The van der Waals surface area contributed by atoms with E-state index >= 15 is 0 Å². The normalized spacial score (nSPS) is 14.4. The van der Waals surface area contributed by atoms with Gasteiger partial charge >= 0.3 is 0 Å². The van der Waals surface area contributed by atoms with Crippen molar-refractivity contribution >= 4 is 5.91 Å². The summed E-state index contributed by atoms with van der Waals surface area (Å²) in [7, 11) is 0. The van der Waals surface area contributed by atoms with Crippen molar-refractivity contribution in [2.24, 2.45) is 0 Å². The molecule has 0 bridgehead atoms. The Labute approximate surface area is 191 Å². The zero-order valence-corrected chi connectivity index (χ0v) is 18.4. The van der Waals surface area contributed by atoms with Gasteiger partial charge in [0.05, 0.1) is 0 Å². The zero-order chi connectivity index (χ0) is 23.9. The van der Waals surface area contributed by atoms with E-state index < -0.39 is 17.0 Å². The quantitative estimate of drug-likeness (QED) is 0.631. The molecule has 1 saturated heterocycles. The molecule has 1 amide bonds. The predicted molar refractivity (Wildman–Crippen MR) is 124 cm³/mol. The fourth-order valence-corrected chi connectivity index (χ4v) is 3.12. The average Bonchev–Trinajstić information content (AvgIpc) is 2.71. The van der Waals surface area contributed by atoms with E-state index in [1.165, 1.54) is 5.06 Å². The summed E-state index contributed by atoms with van der Waals surface area (Å²) in [5.74, 6) is 41.1. The van der Waals surface area contributed by atoms with Crippen LogP contribution >= 0.6 is 0 Å². The Morgan fingerprint density at radius 3 is 1.47 bits per heavy atom. The number of hydrogen-bond donors (Lipinski definition) is 2. The number of carbonyl (C=O) groups excluding carboxylic acids is 1. The number of carbonyl (C=O) groups is 1. The maximum Gasteiger partial charge on any atom is 0.297 e. The van der Waals surface area contributed by atoms with E-state index in [0.717, 1.165) is 0 Å². The molecule has 154 valence electrons. The van der Waals surface area contributed by atoms with Crippen LogP contribution in [0.4, 0.5) is 0 Å². The molecule has 0 aliphatic carbocycles. The van der Waals surface area contributed by atoms with Crippen LogP contribution in [0.2, 0.25) is 0 Å². The number of nitrogens with one attached hydrogen (secondary N) is 1. The lowest BCUT2D eigenvalue weighted by atomic mass is 9.79. The van der Waals surface area contributed by atoms with E-state index in [1.807, 2.05) is 27.7 Å². The Bertz CT molecular complexity index is 1280. The van der Waals surface area contributed by atoms with Gasteiger partial charge in [0.15, 0.2) is 0 Å². The van der Waals surface area contributed by atoms with Crippen LogP contribution in [0.3, 0.4) is 0 Å². The van der Waals surface area contributed by atoms with Gasteiger partial charge in [-0.25, -0.2) is 0 Å². The van der Waals surface area contributed by atoms with E-state index in [2.05, 4.69) is 106 Å². The minimum Gasteiger partial charge on any atom is -0.342 e. The van der Waals surface area contributed by atoms with Gasteiger partial charge in [0, 0.05) is 23.0 Å². The largest absolute Gasteiger partial charge is 0.342 e. The summed E-state index contributed by atoms with van der Waals surface area (Å²) >= 11 is 0. The van der Waals surface area contributed by atoms with Crippen LogP contribution in [0.1, 0.15) is 40.5 Å². The molecule has 0 spiro atoms. The molecule has 2 N–H and O–H groups in total. The van der Waals surface area contributed by atoms with Crippen LogP contribution in [-0.4, -0.2) is 33.3 Å². The molecule has 32 heavy (non-hydrogen) atoms. The highest BCUT2D eigenvalue weighted by Crippen LogP contribution is 2.36. The Hall–Kier alpha value is -4.57. The van der Waals surface area contributed by atoms with Crippen LogP contribution < -0.4 is 5.32 Å². The molecule has 0 aromatic heterocycles. The SMILES string of the molecule is C#CC#CC#CC#CC#CC#CC#CC#CC#CC(=O)NC1CC(C)(C)N(O)C(C)(C)C1. The maximum absolute atomic E-state index is 12.0. The molecule has 0 aromatic rings. The first-order chi connectivity index (χ1) is 15.2. The topological polar surface area (TPSA) is 52.6 Å². The van der Waals surface area contributed by atoms with Crippen molar-refractivity contribution in [1.82, 2.24) is 10.4 Å². The van der Waals surface area contributed by atoms with Crippen molar-refractivity contribution < 1.29 is 10.0 Å². The molecule has 1 aliphatic heterocycles. The average molecular weight is 416 g/mol. The molecule has 4 heteroatoms. The summed E-state index contributed by atoms with van der Waals surface area (Å²) in [4.78, 5) is 12.0. The number of hydroxylamine groups is 2.